The lowest BCUT2D eigenvalue weighted by molar-refractivity contribution is -0.0304. The average molecular weight is 290 g/mol. The minimum absolute atomic E-state index is 0.0122. The highest BCUT2D eigenvalue weighted by molar-refractivity contribution is 5.85. The summed E-state index contributed by atoms with van der Waals surface area (Å²) in [5.41, 5.74) is 1.71. The summed E-state index contributed by atoms with van der Waals surface area (Å²) >= 11 is 0. The third-order valence-corrected chi connectivity index (χ3v) is 3.48. The van der Waals surface area contributed by atoms with E-state index in [0.717, 1.165) is 37.3 Å². The highest BCUT2D eigenvalue weighted by Crippen LogP contribution is 2.13. The predicted molar refractivity (Wildman–Crippen MR) is 74.1 cm³/mol. The van der Waals surface area contributed by atoms with Crippen LogP contribution in [0.5, 0.6) is 0 Å². The first kappa shape index (κ1) is 13.9. The Morgan fingerprint density at radius 1 is 1.43 bits per heavy atom. The van der Waals surface area contributed by atoms with E-state index >= 15 is 0 Å². The van der Waals surface area contributed by atoms with Crippen LogP contribution in [0.2, 0.25) is 0 Å². The number of hydrogen-bond acceptors (Lipinski definition) is 6. The monoisotopic (exact) mass is 290 g/mol. The molecule has 2 aromatic heterocycles. The number of aromatic nitrogens is 4. The SMILES string of the molecule is Cc1cc(C)n2nc(C(=O)OCC3CCCCO3)nc2n1. The summed E-state index contributed by atoms with van der Waals surface area (Å²) in [5, 5.41) is 4.14. The maximum Gasteiger partial charge on any atom is 0.378 e. The van der Waals surface area contributed by atoms with Crippen molar-refractivity contribution in [2.24, 2.45) is 0 Å². The largest absolute Gasteiger partial charge is 0.457 e. The molecule has 0 aromatic carbocycles. The van der Waals surface area contributed by atoms with Crippen molar-refractivity contribution >= 4 is 11.7 Å². The second-order valence-corrected chi connectivity index (χ2v) is 5.27. The molecule has 0 aliphatic carbocycles. The van der Waals surface area contributed by atoms with Crippen molar-refractivity contribution in [1.82, 2.24) is 19.6 Å². The fourth-order valence-corrected chi connectivity index (χ4v) is 2.42. The van der Waals surface area contributed by atoms with E-state index in [9.17, 15) is 4.79 Å². The molecule has 0 N–H and O–H groups in total. The first-order valence-corrected chi connectivity index (χ1v) is 7.13. The normalized spacial score (nSPS) is 18.9. The van der Waals surface area contributed by atoms with Crippen molar-refractivity contribution in [1.29, 1.82) is 0 Å². The van der Waals surface area contributed by atoms with Crippen molar-refractivity contribution in [2.45, 2.75) is 39.2 Å². The van der Waals surface area contributed by atoms with Gasteiger partial charge in [-0.3, -0.25) is 0 Å². The van der Waals surface area contributed by atoms with Crippen LogP contribution in [-0.4, -0.2) is 44.9 Å². The molecule has 7 nitrogen and oxygen atoms in total. The van der Waals surface area contributed by atoms with Crippen LogP contribution in [0.1, 0.15) is 41.3 Å². The summed E-state index contributed by atoms with van der Waals surface area (Å²) in [6, 6.07) is 1.88. The molecule has 1 aliphatic rings. The van der Waals surface area contributed by atoms with Crippen LogP contribution >= 0.6 is 0 Å². The van der Waals surface area contributed by atoms with E-state index in [2.05, 4.69) is 15.1 Å². The fourth-order valence-electron chi connectivity index (χ4n) is 2.42. The zero-order valence-corrected chi connectivity index (χ0v) is 12.2. The number of esters is 1. The lowest BCUT2D eigenvalue weighted by atomic mass is 10.1. The van der Waals surface area contributed by atoms with Crippen molar-refractivity contribution in [3.8, 4) is 0 Å². The number of fused-ring (bicyclic) bond motifs is 1. The Morgan fingerprint density at radius 3 is 3.05 bits per heavy atom. The van der Waals surface area contributed by atoms with Gasteiger partial charge in [-0.2, -0.15) is 4.98 Å². The van der Waals surface area contributed by atoms with Crippen molar-refractivity contribution in [3.63, 3.8) is 0 Å². The summed E-state index contributed by atoms with van der Waals surface area (Å²) in [7, 11) is 0. The van der Waals surface area contributed by atoms with Gasteiger partial charge in [-0.15, -0.1) is 5.10 Å². The number of ether oxygens (including phenoxy) is 2. The third-order valence-electron chi connectivity index (χ3n) is 3.48. The van der Waals surface area contributed by atoms with Gasteiger partial charge in [0.25, 0.3) is 11.6 Å². The molecule has 0 radical (unpaired) electrons. The molecule has 21 heavy (non-hydrogen) atoms. The zero-order chi connectivity index (χ0) is 14.8. The van der Waals surface area contributed by atoms with Gasteiger partial charge in [0, 0.05) is 18.0 Å². The highest BCUT2D eigenvalue weighted by atomic mass is 16.6. The number of carbonyl (C=O) groups is 1. The smallest absolute Gasteiger partial charge is 0.378 e. The van der Waals surface area contributed by atoms with Gasteiger partial charge in [0.2, 0.25) is 0 Å². The van der Waals surface area contributed by atoms with Crippen LogP contribution in [-0.2, 0) is 9.47 Å². The predicted octanol–water partition coefficient (Wildman–Crippen LogP) is 1.47. The first-order chi connectivity index (χ1) is 10.1. The van der Waals surface area contributed by atoms with Gasteiger partial charge < -0.3 is 9.47 Å². The zero-order valence-electron chi connectivity index (χ0n) is 12.2. The Bertz CT molecular complexity index is 662. The van der Waals surface area contributed by atoms with Crippen LogP contribution < -0.4 is 0 Å². The molecule has 1 saturated heterocycles. The maximum absolute atomic E-state index is 12.0. The molecule has 0 saturated carbocycles. The van der Waals surface area contributed by atoms with Gasteiger partial charge in [0.05, 0.1) is 6.10 Å². The number of carbonyl (C=O) groups excluding carboxylic acids is 1. The molecule has 1 aliphatic heterocycles. The van der Waals surface area contributed by atoms with E-state index in [1.54, 1.807) is 4.52 Å². The van der Waals surface area contributed by atoms with Crippen molar-refractivity contribution < 1.29 is 14.3 Å². The average Bonchev–Trinajstić information content (AvgIpc) is 2.90. The first-order valence-electron chi connectivity index (χ1n) is 7.13. The van der Waals surface area contributed by atoms with Crippen LogP contribution in [0, 0.1) is 13.8 Å². The van der Waals surface area contributed by atoms with Gasteiger partial charge >= 0.3 is 5.97 Å². The van der Waals surface area contributed by atoms with E-state index in [1.165, 1.54) is 0 Å². The summed E-state index contributed by atoms with van der Waals surface area (Å²) in [6.45, 7) is 4.75. The van der Waals surface area contributed by atoms with Crippen LogP contribution in [0.25, 0.3) is 5.78 Å². The topological polar surface area (TPSA) is 78.6 Å². The Labute approximate surface area is 122 Å². The molecule has 0 amide bonds. The minimum Gasteiger partial charge on any atom is -0.457 e. The number of aryl methyl sites for hydroxylation is 2. The summed E-state index contributed by atoms with van der Waals surface area (Å²) in [5.74, 6) is -0.0906. The molecule has 1 atom stereocenters. The maximum atomic E-state index is 12.0. The molecule has 3 rings (SSSR count). The third kappa shape index (κ3) is 3.02. The summed E-state index contributed by atoms with van der Waals surface area (Å²) in [4.78, 5) is 20.4. The molecule has 1 fully saturated rings. The summed E-state index contributed by atoms with van der Waals surface area (Å²) in [6.07, 6.45) is 3.09. The van der Waals surface area contributed by atoms with Gasteiger partial charge in [-0.05, 0) is 39.2 Å². The Morgan fingerprint density at radius 2 is 2.29 bits per heavy atom. The number of nitrogens with zero attached hydrogens (tertiary/aromatic N) is 4. The summed E-state index contributed by atoms with van der Waals surface area (Å²) < 4.78 is 12.3. The van der Waals surface area contributed by atoms with Crippen molar-refractivity contribution in [2.75, 3.05) is 13.2 Å². The number of rotatable bonds is 3. The molecule has 1 unspecified atom stereocenters. The van der Waals surface area contributed by atoms with Gasteiger partial charge in [-0.1, -0.05) is 0 Å². The highest BCUT2D eigenvalue weighted by Gasteiger charge is 2.20. The molecule has 0 bridgehead atoms. The van der Waals surface area contributed by atoms with Crippen LogP contribution in [0.4, 0.5) is 0 Å². The molecular formula is C14H18N4O3. The van der Waals surface area contributed by atoms with Crippen LogP contribution in [0.3, 0.4) is 0 Å². The van der Waals surface area contributed by atoms with Gasteiger partial charge in [-0.25, -0.2) is 14.3 Å². The lowest BCUT2D eigenvalue weighted by Crippen LogP contribution is -2.26. The van der Waals surface area contributed by atoms with Crippen LogP contribution in [0.15, 0.2) is 6.07 Å². The van der Waals surface area contributed by atoms with E-state index in [4.69, 9.17) is 9.47 Å². The Hall–Kier alpha value is -2.02. The van der Waals surface area contributed by atoms with E-state index in [0.29, 0.717) is 5.78 Å². The second kappa shape index (κ2) is 5.77. The fraction of sp³-hybridized carbons (Fsp3) is 0.571. The minimum atomic E-state index is -0.535. The van der Waals surface area contributed by atoms with Gasteiger partial charge in [0.1, 0.15) is 6.61 Å². The Balaban J connectivity index is 1.71. The number of hydrogen-bond donors (Lipinski definition) is 0. The Kier molecular flexibility index (Phi) is 3.83. The molecule has 112 valence electrons. The molecule has 3 heterocycles. The molecule has 2 aromatic rings. The lowest BCUT2D eigenvalue weighted by Gasteiger charge is -2.21. The van der Waals surface area contributed by atoms with E-state index < -0.39 is 5.97 Å². The van der Waals surface area contributed by atoms with E-state index in [1.807, 2.05) is 19.9 Å². The van der Waals surface area contributed by atoms with E-state index in [-0.39, 0.29) is 18.5 Å². The molecule has 0 spiro atoms. The standard InChI is InChI=1S/C14H18N4O3/c1-9-7-10(2)18-14(15-9)16-12(17-18)13(19)21-8-11-5-3-4-6-20-11/h7,11H,3-6,8H2,1-2H3. The van der Waals surface area contributed by atoms with Gasteiger partial charge in [0.15, 0.2) is 0 Å². The van der Waals surface area contributed by atoms with Crippen molar-refractivity contribution in [3.05, 3.63) is 23.3 Å². The molecular weight excluding hydrogens is 272 g/mol. The quantitative estimate of drug-likeness (QED) is 0.796. The molecule has 7 heteroatoms. The second-order valence-electron chi connectivity index (χ2n) is 5.27.